The van der Waals surface area contributed by atoms with Crippen LogP contribution in [-0.4, -0.2) is 51.1 Å². The van der Waals surface area contributed by atoms with Gasteiger partial charge in [0, 0.05) is 24.8 Å². The van der Waals surface area contributed by atoms with Crippen molar-refractivity contribution in [2.24, 2.45) is 5.41 Å². The second-order valence-electron chi connectivity index (χ2n) is 6.42. The number of carbonyl (C=O) groups excluding carboxylic acids is 1. The maximum atomic E-state index is 13.3. The number of benzene rings is 1. The highest BCUT2D eigenvalue weighted by molar-refractivity contribution is 5.96. The second-order valence-corrected chi connectivity index (χ2v) is 6.42. The maximum Gasteiger partial charge on any atom is 0.406 e. The zero-order valence-electron chi connectivity index (χ0n) is 14.3. The molecule has 1 fully saturated rings. The van der Waals surface area contributed by atoms with Crippen LogP contribution in [0.3, 0.4) is 0 Å². The van der Waals surface area contributed by atoms with Gasteiger partial charge in [-0.2, -0.15) is 13.2 Å². The fraction of sp³-hybridized carbons (Fsp3) is 0.333. The Bertz CT molecular complexity index is 886. The fourth-order valence-corrected chi connectivity index (χ4v) is 3.08. The molecule has 0 bridgehead atoms. The number of halogens is 3. The summed E-state index contributed by atoms with van der Waals surface area (Å²) >= 11 is 0. The van der Waals surface area contributed by atoms with Crippen LogP contribution in [0, 0.1) is 12.3 Å². The lowest BCUT2D eigenvalue weighted by Gasteiger charge is -2.27. The van der Waals surface area contributed by atoms with Gasteiger partial charge in [0.05, 0.1) is 11.3 Å². The third kappa shape index (κ3) is 3.24. The predicted octanol–water partition coefficient (Wildman–Crippen LogP) is 2.93. The first-order valence-electron chi connectivity index (χ1n) is 8.14. The van der Waals surface area contributed by atoms with Crippen LogP contribution in [0.1, 0.15) is 22.5 Å². The van der Waals surface area contributed by atoms with Crippen LogP contribution in [0.4, 0.5) is 13.2 Å². The maximum absolute atomic E-state index is 13.3. The number of amides is 1. The number of carboxylic acids is 1. The van der Waals surface area contributed by atoms with Crippen molar-refractivity contribution in [1.82, 2.24) is 14.9 Å². The molecule has 1 unspecified atom stereocenters. The number of rotatable bonds is 3. The van der Waals surface area contributed by atoms with E-state index in [0.717, 1.165) is 10.5 Å². The van der Waals surface area contributed by atoms with E-state index in [1.165, 1.54) is 6.20 Å². The van der Waals surface area contributed by atoms with E-state index >= 15 is 0 Å². The molecule has 1 aliphatic heterocycles. The van der Waals surface area contributed by atoms with E-state index in [-0.39, 0.29) is 12.1 Å². The molecule has 0 spiro atoms. The number of nitrogens with zero attached hydrogens (tertiary/aromatic N) is 3. The highest BCUT2D eigenvalue weighted by Gasteiger charge is 2.64. The number of hydrogen-bond acceptors (Lipinski definition) is 4. The number of hydrogen-bond donors (Lipinski definition) is 1. The van der Waals surface area contributed by atoms with Crippen LogP contribution in [0.25, 0.3) is 11.4 Å². The Morgan fingerprint density at radius 2 is 1.89 bits per heavy atom. The lowest BCUT2D eigenvalue weighted by atomic mass is 9.86. The molecular weight excluding hydrogens is 363 g/mol. The summed E-state index contributed by atoms with van der Waals surface area (Å²) < 4.78 is 39.8. The number of aromatic nitrogens is 2. The van der Waals surface area contributed by atoms with E-state index in [4.69, 9.17) is 5.11 Å². The van der Waals surface area contributed by atoms with Gasteiger partial charge in [-0.3, -0.25) is 9.59 Å². The lowest BCUT2D eigenvalue weighted by Crippen LogP contribution is -2.47. The summed E-state index contributed by atoms with van der Waals surface area (Å²) in [6, 6.07) is 9.03. The number of likely N-dealkylation sites (tertiary alicyclic amines) is 1. The van der Waals surface area contributed by atoms with E-state index in [2.05, 4.69) is 9.97 Å². The van der Waals surface area contributed by atoms with Crippen molar-refractivity contribution in [1.29, 1.82) is 0 Å². The third-order valence-electron chi connectivity index (χ3n) is 4.75. The molecule has 1 atom stereocenters. The van der Waals surface area contributed by atoms with Gasteiger partial charge in [0.25, 0.3) is 5.91 Å². The molecule has 1 aliphatic rings. The average Bonchev–Trinajstić information content (AvgIpc) is 3.09. The monoisotopic (exact) mass is 379 g/mol. The molecule has 1 N–H and O–H groups in total. The normalized spacial score (nSPS) is 19.9. The van der Waals surface area contributed by atoms with Crippen molar-refractivity contribution in [3.63, 3.8) is 0 Å². The molecule has 3 rings (SSSR count). The molecule has 1 saturated heterocycles. The molecule has 0 saturated carbocycles. The summed E-state index contributed by atoms with van der Waals surface area (Å²) in [6.45, 7) is 0.334. The quantitative estimate of drug-likeness (QED) is 0.887. The molecule has 1 amide bonds. The molecule has 9 heteroatoms. The van der Waals surface area contributed by atoms with Gasteiger partial charge in [0.1, 0.15) is 0 Å². The minimum atomic E-state index is -4.95. The standard InChI is InChI=1S/C18H16F3N3O3/c1-11-13(9-22-14(23-11)12-5-3-2-4-6-12)15(25)24-8-7-17(10-24,16(26)27)18(19,20)21/h2-6,9H,7-8,10H2,1H3,(H,26,27). The van der Waals surface area contributed by atoms with Gasteiger partial charge in [-0.25, -0.2) is 9.97 Å². The number of aryl methyl sites for hydroxylation is 1. The van der Waals surface area contributed by atoms with Crippen LogP contribution in [0.2, 0.25) is 0 Å². The number of carboxylic acid groups (broad SMARTS) is 1. The molecule has 2 heterocycles. The molecule has 0 aliphatic carbocycles. The van der Waals surface area contributed by atoms with Crippen molar-refractivity contribution in [3.8, 4) is 11.4 Å². The minimum absolute atomic E-state index is 0.0537. The van der Waals surface area contributed by atoms with Crippen LogP contribution >= 0.6 is 0 Å². The van der Waals surface area contributed by atoms with Crippen molar-refractivity contribution < 1.29 is 27.9 Å². The molecule has 2 aromatic rings. The average molecular weight is 379 g/mol. The number of alkyl halides is 3. The molecule has 0 radical (unpaired) electrons. The van der Waals surface area contributed by atoms with Gasteiger partial charge in [-0.1, -0.05) is 30.3 Å². The minimum Gasteiger partial charge on any atom is -0.481 e. The molecule has 6 nitrogen and oxygen atoms in total. The van der Waals surface area contributed by atoms with Crippen LogP contribution in [0.15, 0.2) is 36.5 Å². The van der Waals surface area contributed by atoms with Gasteiger partial charge in [0.2, 0.25) is 0 Å². The Morgan fingerprint density at radius 3 is 2.41 bits per heavy atom. The summed E-state index contributed by atoms with van der Waals surface area (Å²) in [6.07, 6.45) is -4.36. The van der Waals surface area contributed by atoms with E-state index in [0.29, 0.717) is 11.5 Å². The Labute approximate surface area is 152 Å². The molecule has 27 heavy (non-hydrogen) atoms. The zero-order chi connectivity index (χ0) is 19.8. The Morgan fingerprint density at radius 1 is 1.22 bits per heavy atom. The molecule has 1 aromatic carbocycles. The van der Waals surface area contributed by atoms with E-state index in [9.17, 15) is 22.8 Å². The first-order valence-corrected chi connectivity index (χ1v) is 8.14. The van der Waals surface area contributed by atoms with E-state index in [1.54, 1.807) is 31.2 Å². The van der Waals surface area contributed by atoms with Crippen molar-refractivity contribution in [3.05, 3.63) is 47.8 Å². The van der Waals surface area contributed by atoms with Crippen molar-refractivity contribution >= 4 is 11.9 Å². The highest BCUT2D eigenvalue weighted by Crippen LogP contribution is 2.46. The summed E-state index contributed by atoms with van der Waals surface area (Å²) in [4.78, 5) is 33.2. The van der Waals surface area contributed by atoms with Gasteiger partial charge in [-0.05, 0) is 13.3 Å². The largest absolute Gasteiger partial charge is 0.481 e. The smallest absolute Gasteiger partial charge is 0.406 e. The first-order chi connectivity index (χ1) is 12.7. The summed E-state index contributed by atoms with van der Waals surface area (Å²) in [7, 11) is 0. The fourth-order valence-electron chi connectivity index (χ4n) is 3.08. The molecule has 1 aromatic heterocycles. The third-order valence-corrected chi connectivity index (χ3v) is 4.75. The molecule has 142 valence electrons. The van der Waals surface area contributed by atoms with Gasteiger partial charge >= 0.3 is 12.1 Å². The summed E-state index contributed by atoms with van der Waals surface area (Å²) in [5, 5.41) is 9.10. The second kappa shape index (κ2) is 6.64. The van der Waals surface area contributed by atoms with Gasteiger partial charge < -0.3 is 10.0 Å². The highest BCUT2D eigenvalue weighted by atomic mass is 19.4. The van der Waals surface area contributed by atoms with Crippen LogP contribution in [0.5, 0.6) is 0 Å². The Kier molecular flexibility index (Phi) is 4.63. The van der Waals surface area contributed by atoms with Crippen molar-refractivity contribution in [2.45, 2.75) is 19.5 Å². The molecular formula is C18H16F3N3O3. The van der Waals surface area contributed by atoms with Crippen LogP contribution in [-0.2, 0) is 4.79 Å². The van der Waals surface area contributed by atoms with E-state index in [1.807, 2.05) is 6.07 Å². The Hall–Kier alpha value is -2.97. The topological polar surface area (TPSA) is 83.4 Å². The summed E-state index contributed by atoms with van der Waals surface area (Å²) in [5.74, 6) is -2.29. The first kappa shape index (κ1) is 18.8. The Balaban J connectivity index is 1.86. The van der Waals surface area contributed by atoms with Gasteiger partial charge in [0.15, 0.2) is 11.2 Å². The van der Waals surface area contributed by atoms with Crippen LogP contribution < -0.4 is 0 Å². The lowest BCUT2D eigenvalue weighted by molar-refractivity contribution is -0.227. The predicted molar refractivity (Wildman–Crippen MR) is 88.8 cm³/mol. The SMILES string of the molecule is Cc1nc(-c2ccccc2)ncc1C(=O)N1CCC(C(=O)O)(C(F)(F)F)C1. The zero-order valence-corrected chi connectivity index (χ0v) is 14.3. The number of aliphatic carboxylic acids is 1. The van der Waals surface area contributed by atoms with Gasteiger partial charge in [-0.15, -0.1) is 0 Å². The summed E-state index contributed by atoms with van der Waals surface area (Å²) in [5.41, 5.74) is -1.84. The number of carbonyl (C=O) groups is 2. The van der Waals surface area contributed by atoms with Crippen molar-refractivity contribution in [2.75, 3.05) is 13.1 Å². The van der Waals surface area contributed by atoms with E-state index < -0.39 is 36.4 Å².